The first-order valence-electron chi connectivity index (χ1n) is 11.8. The summed E-state index contributed by atoms with van der Waals surface area (Å²) in [4.78, 5) is 16.5. The van der Waals surface area contributed by atoms with Crippen LogP contribution < -0.4 is 4.74 Å². The largest absolute Gasteiger partial charge is 0.508 e. The summed E-state index contributed by atoms with van der Waals surface area (Å²) < 4.78 is 5.89. The van der Waals surface area contributed by atoms with Gasteiger partial charge in [0.25, 0.3) is 0 Å². The average molecular weight is 478 g/mol. The standard InChI is InChI=1S/C28H31NO4S/c30-23-9-13-26(14-10-23)34-28(22-5-4-6-24(31)19-22)20-27(32)21-7-11-25(12-8-21)33-18-17-29-15-2-1-3-16-29/h4-14,19,28,30-31H,1-3,15-18,20H2. The number of hydrogen-bond acceptors (Lipinski definition) is 6. The molecule has 1 atom stereocenters. The van der Waals surface area contributed by atoms with Gasteiger partial charge in [-0.1, -0.05) is 18.6 Å². The lowest BCUT2D eigenvalue weighted by Gasteiger charge is -2.26. The zero-order chi connectivity index (χ0) is 23.8. The van der Waals surface area contributed by atoms with Gasteiger partial charge >= 0.3 is 0 Å². The molecule has 1 unspecified atom stereocenters. The van der Waals surface area contributed by atoms with Crippen molar-refractivity contribution < 1.29 is 19.7 Å². The Labute approximate surface area is 205 Å². The predicted octanol–water partition coefficient (Wildman–Crippen LogP) is 6.07. The molecule has 0 aliphatic carbocycles. The summed E-state index contributed by atoms with van der Waals surface area (Å²) in [6.07, 6.45) is 4.15. The van der Waals surface area contributed by atoms with Crippen molar-refractivity contribution in [1.29, 1.82) is 0 Å². The minimum Gasteiger partial charge on any atom is -0.508 e. The van der Waals surface area contributed by atoms with Gasteiger partial charge in [0.05, 0.1) is 0 Å². The van der Waals surface area contributed by atoms with Crippen LogP contribution in [0.3, 0.4) is 0 Å². The minimum absolute atomic E-state index is 0.0273. The number of ketones is 1. The van der Waals surface area contributed by atoms with Crippen LogP contribution in [0.5, 0.6) is 17.2 Å². The quantitative estimate of drug-likeness (QED) is 0.273. The van der Waals surface area contributed by atoms with Crippen LogP contribution in [0.1, 0.15) is 46.9 Å². The highest BCUT2D eigenvalue weighted by molar-refractivity contribution is 7.99. The fraction of sp³-hybridized carbons (Fsp3) is 0.321. The number of hydrogen-bond donors (Lipinski definition) is 2. The first-order valence-corrected chi connectivity index (χ1v) is 12.7. The molecule has 1 fully saturated rings. The summed E-state index contributed by atoms with van der Waals surface area (Å²) in [5.74, 6) is 1.18. The number of carbonyl (C=O) groups is 1. The fourth-order valence-corrected chi connectivity index (χ4v) is 5.28. The van der Waals surface area contributed by atoms with Gasteiger partial charge in [0.1, 0.15) is 23.9 Å². The molecule has 0 bridgehead atoms. The van der Waals surface area contributed by atoms with Gasteiger partial charge in [-0.25, -0.2) is 0 Å². The Balaban J connectivity index is 1.38. The number of benzene rings is 3. The van der Waals surface area contributed by atoms with Crippen molar-refractivity contribution in [1.82, 2.24) is 4.90 Å². The second-order valence-electron chi connectivity index (χ2n) is 8.60. The van der Waals surface area contributed by atoms with E-state index < -0.39 is 0 Å². The second kappa shape index (κ2) is 12.0. The molecule has 0 aromatic heterocycles. The molecule has 3 aromatic carbocycles. The molecule has 0 saturated carbocycles. The number of thioether (sulfide) groups is 1. The van der Waals surface area contributed by atoms with Crippen molar-refractivity contribution in [3.8, 4) is 17.2 Å². The van der Waals surface area contributed by atoms with Crippen molar-refractivity contribution in [2.24, 2.45) is 0 Å². The van der Waals surface area contributed by atoms with Gasteiger partial charge < -0.3 is 14.9 Å². The van der Waals surface area contributed by atoms with Crippen LogP contribution in [0, 0.1) is 0 Å². The normalized spacial score (nSPS) is 15.1. The zero-order valence-electron chi connectivity index (χ0n) is 19.2. The smallest absolute Gasteiger partial charge is 0.164 e. The fourth-order valence-electron chi connectivity index (χ4n) is 4.14. The Kier molecular flexibility index (Phi) is 8.50. The van der Waals surface area contributed by atoms with Crippen LogP contribution in [0.15, 0.2) is 77.7 Å². The number of Topliss-reactive ketones (excluding diaryl/α,β-unsaturated/α-hetero) is 1. The van der Waals surface area contributed by atoms with E-state index in [-0.39, 0.29) is 29.0 Å². The Morgan fingerprint density at radius 1 is 0.912 bits per heavy atom. The van der Waals surface area contributed by atoms with E-state index in [0.717, 1.165) is 35.8 Å². The molecule has 1 aliphatic rings. The van der Waals surface area contributed by atoms with Gasteiger partial charge in [-0.15, -0.1) is 11.8 Å². The number of ether oxygens (including phenoxy) is 1. The van der Waals surface area contributed by atoms with Gasteiger partial charge in [0.2, 0.25) is 0 Å². The van der Waals surface area contributed by atoms with Crippen molar-refractivity contribution in [2.45, 2.75) is 35.8 Å². The van der Waals surface area contributed by atoms with Crippen LogP contribution in [0.2, 0.25) is 0 Å². The minimum atomic E-state index is -0.176. The summed E-state index contributed by atoms with van der Waals surface area (Å²) in [6, 6.07) is 21.3. The highest BCUT2D eigenvalue weighted by Crippen LogP contribution is 2.40. The lowest BCUT2D eigenvalue weighted by Crippen LogP contribution is -2.33. The van der Waals surface area contributed by atoms with Gasteiger partial charge in [-0.05, 0) is 92.2 Å². The van der Waals surface area contributed by atoms with Gasteiger partial charge in [-0.3, -0.25) is 9.69 Å². The van der Waals surface area contributed by atoms with Crippen LogP contribution in [-0.4, -0.2) is 47.1 Å². The summed E-state index contributed by atoms with van der Waals surface area (Å²) in [5.41, 5.74) is 1.52. The number of aromatic hydroxyl groups is 2. The van der Waals surface area contributed by atoms with Crippen LogP contribution >= 0.6 is 11.8 Å². The molecule has 34 heavy (non-hydrogen) atoms. The lowest BCUT2D eigenvalue weighted by molar-refractivity contribution is 0.0982. The lowest BCUT2D eigenvalue weighted by atomic mass is 10.0. The van der Waals surface area contributed by atoms with Gasteiger partial charge in [-0.2, -0.15) is 0 Å². The van der Waals surface area contributed by atoms with E-state index >= 15 is 0 Å². The highest BCUT2D eigenvalue weighted by atomic mass is 32.2. The number of phenolic OH excluding ortho intramolecular Hbond substituents is 2. The van der Waals surface area contributed by atoms with E-state index in [1.165, 1.54) is 31.0 Å². The van der Waals surface area contributed by atoms with Crippen LogP contribution in [0.4, 0.5) is 0 Å². The Hall–Kier alpha value is -2.96. The molecule has 178 valence electrons. The molecule has 3 aromatic rings. The van der Waals surface area contributed by atoms with Crippen LogP contribution in [0.25, 0.3) is 0 Å². The second-order valence-corrected chi connectivity index (χ2v) is 9.87. The van der Waals surface area contributed by atoms with Gasteiger partial charge in [0.15, 0.2) is 5.78 Å². The van der Waals surface area contributed by atoms with Crippen molar-refractivity contribution in [2.75, 3.05) is 26.2 Å². The maximum Gasteiger partial charge on any atom is 0.164 e. The van der Waals surface area contributed by atoms with E-state index in [0.29, 0.717) is 12.2 Å². The third-order valence-corrected chi connectivity index (χ3v) is 7.30. The van der Waals surface area contributed by atoms with E-state index in [9.17, 15) is 15.0 Å². The molecule has 1 aliphatic heterocycles. The molecule has 0 amide bonds. The number of nitrogens with zero attached hydrogens (tertiary/aromatic N) is 1. The van der Waals surface area contributed by atoms with Crippen LogP contribution in [-0.2, 0) is 0 Å². The summed E-state index contributed by atoms with van der Waals surface area (Å²) in [7, 11) is 0. The highest BCUT2D eigenvalue weighted by Gasteiger charge is 2.19. The molecule has 5 nitrogen and oxygen atoms in total. The number of carbonyl (C=O) groups excluding carboxylic acids is 1. The van der Waals surface area contributed by atoms with Crippen molar-refractivity contribution in [3.63, 3.8) is 0 Å². The number of piperidine rings is 1. The summed E-state index contributed by atoms with van der Waals surface area (Å²) in [6.45, 7) is 3.88. The zero-order valence-corrected chi connectivity index (χ0v) is 20.0. The molecular weight excluding hydrogens is 446 g/mol. The Bertz CT molecular complexity index is 1060. The molecule has 2 N–H and O–H groups in total. The van der Waals surface area contributed by atoms with E-state index in [4.69, 9.17) is 4.74 Å². The Morgan fingerprint density at radius 3 is 2.35 bits per heavy atom. The van der Waals surface area contributed by atoms with Gasteiger partial charge in [0, 0.05) is 28.7 Å². The molecule has 1 saturated heterocycles. The van der Waals surface area contributed by atoms with E-state index in [1.807, 2.05) is 42.5 Å². The maximum absolute atomic E-state index is 13.1. The third-order valence-electron chi connectivity index (χ3n) is 6.03. The monoisotopic (exact) mass is 477 g/mol. The van der Waals surface area contributed by atoms with Crippen molar-refractivity contribution in [3.05, 3.63) is 83.9 Å². The summed E-state index contributed by atoms with van der Waals surface area (Å²) >= 11 is 1.54. The molecule has 1 heterocycles. The first-order chi connectivity index (χ1) is 16.6. The topological polar surface area (TPSA) is 70.0 Å². The first kappa shape index (κ1) is 24.2. The maximum atomic E-state index is 13.1. The van der Waals surface area contributed by atoms with E-state index in [1.54, 1.807) is 30.3 Å². The molecular formula is C28H31NO4S. The summed E-state index contributed by atoms with van der Waals surface area (Å²) in [5, 5.41) is 19.4. The Morgan fingerprint density at radius 2 is 1.65 bits per heavy atom. The molecule has 6 heteroatoms. The predicted molar refractivity (Wildman–Crippen MR) is 136 cm³/mol. The van der Waals surface area contributed by atoms with E-state index in [2.05, 4.69) is 4.90 Å². The molecule has 4 rings (SSSR count). The third kappa shape index (κ3) is 7.02. The van der Waals surface area contributed by atoms with Crippen molar-refractivity contribution >= 4 is 17.5 Å². The number of likely N-dealkylation sites (tertiary alicyclic amines) is 1. The SMILES string of the molecule is O=C(CC(Sc1ccc(O)cc1)c1cccc(O)c1)c1ccc(OCCN2CCCCC2)cc1. The number of phenols is 2. The average Bonchev–Trinajstić information content (AvgIpc) is 2.86. The number of rotatable bonds is 10. The molecule has 0 radical (unpaired) electrons. The molecule has 0 spiro atoms.